The molecule has 6 heteroatoms. The summed E-state index contributed by atoms with van der Waals surface area (Å²) < 4.78 is 10.1. The Morgan fingerprint density at radius 3 is 2.60 bits per heavy atom. The van der Waals surface area contributed by atoms with Gasteiger partial charge in [-0.3, -0.25) is 4.79 Å². The molecule has 0 saturated heterocycles. The highest BCUT2D eigenvalue weighted by Gasteiger charge is 2.14. The first-order valence-electron chi connectivity index (χ1n) is 6.29. The largest absolute Gasteiger partial charge is 0.482 e. The summed E-state index contributed by atoms with van der Waals surface area (Å²) >= 11 is 0. The maximum Gasteiger partial charge on any atom is 0.344 e. The predicted molar refractivity (Wildman–Crippen MR) is 75.2 cm³/mol. The Kier molecular flexibility index (Phi) is 5.83. The average molecular weight is 280 g/mol. The number of hydrogen-bond donors (Lipinski definition) is 1. The number of rotatable bonds is 6. The lowest BCUT2D eigenvalue weighted by Gasteiger charge is -2.21. The molecule has 0 unspecified atom stereocenters. The molecule has 1 aromatic carbocycles. The van der Waals surface area contributed by atoms with Crippen LogP contribution in [-0.4, -0.2) is 43.1 Å². The van der Waals surface area contributed by atoms with Gasteiger partial charge in [-0.05, 0) is 26.0 Å². The highest BCUT2D eigenvalue weighted by Crippen LogP contribution is 2.14. The van der Waals surface area contributed by atoms with Gasteiger partial charge in [0.2, 0.25) is 0 Å². The number of hydrogen-bond acceptors (Lipinski definition) is 5. The van der Waals surface area contributed by atoms with Crippen LogP contribution in [-0.2, 0) is 14.3 Å². The number of esters is 1. The van der Waals surface area contributed by atoms with Gasteiger partial charge in [0.15, 0.2) is 13.2 Å². The number of nitrogens with two attached hydrogens (primary N) is 1. The fourth-order valence-corrected chi connectivity index (χ4v) is 1.32. The number of anilines is 1. The topological polar surface area (TPSA) is 81.9 Å². The molecule has 1 aromatic rings. The molecule has 0 saturated carbocycles. The van der Waals surface area contributed by atoms with Crippen LogP contribution in [0.25, 0.3) is 0 Å². The van der Waals surface area contributed by atoms with Gasteiger partial charge in [-0.2, -0.15) is 0 Å². The van der Waals surface area contributed by atoms with Gasteiger partial charge in [0.25, 0.3) is 5.91 Å². The summed E-state index contributed by atoms with van der Waals surface area (Å²) in [6.45, 7) is 3.21. The van der Waals surface area contributed by atoms with Crippen molar-refractivity contribution in [3.8, 4) is 5.75 Å². The normalized spacial score (nSPS) is 10.2. The van der Waals surface area contributed by atoms with Gasteiger partial charge in [0.1, 0.15) is 5.75 Å². The monoisotopic (exact) mass is 280 g/mol. The van der Waals surface area contributed by atoms with Crippen molar-refractivity contribution in [1.29, 1.82) is 0 Å². The second kappa shape index (κ2) is 7.37. The van der Waals surface area contributed by atoms with Gasteiger partial charge >= 0.3 is 5.97 Å². The molecule has 2 N–H and O–H groups in total. The fraction of sp³-hybridized carbons (Fsp3) is 0.429. The first-order chi connectivity index (χ1) is 9.40. The Balaban J connectivity index is 2.32. The molecule has 0 aliphatic rings. The molecule has 0 aliphatic carbocycles. The smallest absolute Gasteiger partial charge is 0.344 e. The first-order valence-corrected chi connectivity index (χ1v) is 6.29. The average Bonchev–Trinajstić information content (AvgIpc) is 2.41. The second-order valence-electron chi connectivity index (χ2n) is 4.62. The van der Waals surface area contributed by atoms with Gasteiger partial charge in [-0.15, -0.1) is 0 Å². The standard InChI is InChI=1S/C14H20N2O4/c1-10(2)16(3)13(17)8-20-14(18)9-19-12-6-4-5-11(15)7-12/h4-7,10H,8-9,15H2,1-3H3. The molecule has 0 fully saturated rings. The van der Waals surface area contributed by atoms with E-state index in [0.717, 1.165) is 0 Å². The first kappa shape index (κ1) is 15.8. The zero-order chi connectivity index (χ0) is 15.1. The lowest BCUT2D eigenvalue weighted by Crippen LogP contribution is -2.36. The van der Waals surface area contributed by atoms with E-state index < -0.39 is 5.97 Å². The molecule has 20 heavy (non-hydrogen) atoms. The Labute approximate surface area is 118 Å². The number of amides is 1. The summed E-state index contributed by atoms with van der Waals surface area (Å²) in [6.07, 6.45) is 0. The lowest BCUT2D eigenvalue weighted by molar-refractivity contribution is -0.153. The molecule has 0 heterocycles. The van der Waals surface area contributed by atoms with Crippen LogP contribution in [0.4, 0.5) is 5.69 Å². The highest BCUT2D eigenvalue weighted by molar-refractivity contribution is 5.81. The van der Waals surface area contributed by atoms with E-state index in [9.17, 15) is 9.59 Å². The lowest BCUT2D eigenvalue weighted by atomic mass is 10.3. The summed E-state index contributed by atoms with van der Waals surface area (Å²) in [6, 6.07) is 6.78. The van der Waals surface area contributed by atoms with Crippen LogP contribution in [0.15, 0.2) is 24.3 Å². The number of nitrogens with zero attached hydrogens (tertiary/aromatic N) is 1. The van der Waals surface area contributed by atoms with Crippen LogP contribution in [0.3, 0.4) is 0 Å². The minimum atomic E-state index is -0.599. The minimum Gasteiger partial charge on any atom is -0.482 e. The molecule has 0 aromatic heterocycles. The van der Waals surface area contributed by atoms with E-state index in [1.54, 1.807) is 31.3 Å². The maximum absolute atomic E-state index is 11.6. The molecule has 0 atom stereocenters. The third kappa shape index (κ3) is 5.17. The number of likely N-dealkylation sites (N-methyl/N-ethyl adjacent to an activating group) is 1. The SMILES string of the molecule is CC(C)N(C)C(=O)COC(=O)COc1cccc(N)c1. The number of carbonyl (C=O) groups excluding carboxylic acids is 2. The number of carbonyl (C=O) groups is 2. The van der Waals surface area contributed by atoms with Crippen molar-refractivity contribution < 1.29 is 19.1 Å². The van der Waals surface area contributed by atoms with Gasteiger partial charge < -0.3 is 20.1 Å². The van der Waals surface area contributed by atoms with E-state index in [2.05, 4.69) is 0 Å². The van der Waals surface area contributed by atoms with Gasteiger partial charge in [0, 0.05) is 24.8 Å². The molecule has 110 valence electrons. The summed E-state index contributed by atoms with van der Waals surface area (Å²) in [4.78, 5) is 24.6. The van der Waals surface area contributed by atoms with Crippen LogP contribution in [0, 0.1) is 0 Å². The second-order valence-corrected chi connectivity index (χ2v) is 4.62. The summed E-state index contributed by atoms with van der Waals surface area (Å²) in [5, 5.41) is 0. The van der Waals surface area contributed by atoms with Crippen LogP contribution in [0.5, 0.6) is 5.75 Å². The molecule has 0 spiro atoms. The van der Waals surface area contributed by atoms with Gasteiger partial charge in [-0.1, -0.05) is 6.07 Å². The van der Waals surface area contributed by atoms with Crippen LogP contribution in [0.1, 0.15) is 13.8 Å². The third-order valence-electron chi connectivity index (χ3n) is 2.74. The van der Waals surface area contributed by atoms with Crippen molar-refractivity contribution in [3.63, 3.8) is 0 Å². The predicted octanol–water partition coefficient (Wildman–Crippen LogP) is 1.06. The zero-order valence-corrected chi connectivity index (χ0v) is 12.0. The van der Waals surface area contributed by atoms with E-state index in [-0.39, 0.29) is 25.2 Å². The molecule has 0 radical (unpaired) electrons. The number of ether oxygens (including phenoxy) is 2. The molecule has 1 rings (SSSR count). The Bertz CT molecular complexity index is 474. The van der Waals surface area contributed by atoms with Crippen molar-refractivity contribution in [1.82, 2.24) is 4.90 Å². The summed E-state index contributed by atoms with van der Waals surface area (Å²) in [5.74, 6) is -0.372. The summed E-state index contributed by atoms with van der Waals surface area (Å²) in [7, 11) is 1.66. The zero-order valence-electron chi connectivity index (χ0n) is 12.0. The molecule has 0 aliphatic heterocycles. The molecule has 6 nitrogen and oxygen atoms in total. The number of benzene rings is 1. The molecule has 0 bridgehead atoms. The van der Waals surface area contributed by atoms with Crippen molar-refractivity contribution in [3.05, 3.63) is 24.3 Å². The van der Waals surface area contributed by atoms with Crippen molar-refractivity contribution in [2.45, 2.75) is 19.9 Å². The highest BCUT2D eigenvalue weighted by atomic mass is 16.6. The Hall–Kier alpha value is -2.24. The quantitative estimate of drug-likeness (QED) is 0.622. The minimum absolute atomic E-state index is 0.0600. The van der Waals surface area contributed by atoms with E-state index >= 15 is 0 Å². The van der Waals surface area contributed by atoms with Crippen molar-refractivity contribution >= 4 is 17.6 Å². The molecular weight excluding hydrogens is 260 g/mol. The Morgan fingerprint density at radius 2 is 2.00 bits per heavy atom. The van der Waals surface area contributed by atoms with E-state index in [1.165, 1.54) is 4.90 Å². The molecule has 1 amide bonds. The van der Waals surface area contributed by atoms with E-state index in [4.69, 9.17) is 15.2 Å². The van der Waals surface area contributed by atoms with Gasteiger partial charge in [0.05, 0.1) is 0 Å². The van der Waals surface area contributed by atoms with Crippen LogP contribution < -0.4 is 10.5 Å². The fourth-order valence-electron chi connectivity index (χ4n) is 1.32. The summed E-state index contributed by atoms with van der Waals surface area (Å²) in [5.41, 5.74) is 6.12. The van der Waals surface area contributed by atoms with Crippen molar-refractivity contribution in [2.24, 2.45) is 0 Å². The van der Waals surface area contributed by atoms with E-state index in [1.807, 2.05) is 13.8 Å². The van der Waals surface area contributed by atoms with E-state index in [0.29, 0.717) is 11.4 Å². The Morgan fingerprint density at radius 1 is 1.30 bits per heavy atom. The molecular formula is C14H20N2O4. The maximum atomic E-state index is 11.6. The van der Waals surface area contributed by atoms with Crippen molar-refractivity contribution in [2.75, 3.05) is 26.0 Å². The van der Waals surface area contributed by atoms with Gasteiger partial charge in [-0.25, -0.2) is 4.79 Å². The van der Waals surface area contributed by atoms with Crippen LogP contribution >= 0.6 is 0 Å². The third-order valence-corrected chi connectivity index (χ3v) is 2.74. The number of nitrogen functional groups attached to an aromatic ring is 1. The van der Waals surface area contributed by atoms with Crippen LogP contribution in [0.2, 0.25) is 0 Å².